The fraction of sp³-hybridized carbons (Fsp3) is 1.00. The average Bonchev–Trinajstić information content (AvgIpc) is 2.84. The monoisotopic (exact) mass is 496 g/mol. The Labute approximate surface area is 201 Å². The number of hydrogen-bond donors (Lipinski definition) is 7. The van der Waals surface area contributed by atoms with Crippen molar-refractivity contribution >= 4 is 0 Å². The Morgan fingerprint density at radius 2 is 1.26 bits per heavy atom. The van der Waals surface area contributed by atoms with E-state index in [-0.39, 0.29) is 6.10 Å². The van der Waals surface area contributed by atoms with Gasteiger partial charge in [-0.25, -0.2) is 0 Å². The largest absolute Gasteiger partial charge is 0.394 e. The van der Waals surface area contributed by atoms with Crippen LogP contribution in [0.15, 0.2) is 0 Å². The maximum atomic E-state index is 10.7. The molecule has 2 aliphatic heterocycles. The van der Waals surface area contributed by atoms with Gasteiger partial charge in [0.1, 0.15) is 48.8 Å². The summed E-state index contributed by atoms with van der Waals surface area (Å²) in [5, 5.41) is 70.6. The van der Waals surface area contributed by atoms with Crippen LogP contribution >= 0.6 is 0 Å². The molecule has 0 amide bonds. The lowest BCUT2D eigenvalue weighted by Gasteiger charge is -2.46. The first-order chi connectivity index (χ1) is 16.3. The summed E-state index contributed by atoms with van der Waals surface area (Å²) in [5.74, 6) is 0. The summed E-state index contributed by atoms with van der Waals surface area (Å²) in [6.07, 6.45) is -6.28. The van der Waals surface area contributed by atoms with Gasteiger partial charge >= 0.3 is 0 Å². The maximum absolute atomic E-state index is 10.7. The van der Waals surface area contributed by atoms with Gasteiger partial charge in [-0.1, -0.05) is 52.4 Å². The molecule has 11 nitrogen and oxygen atoms in total. The molecule has 11 atom stereocenters. The number of unbranched alkanes of at least 4 members (excludes halogenated alkanes) is 5. The zero-order valence-electron chi connectivity index (χ0n) is 20.2. The highest BCUT2D eigenvalue weighted by Gasteiger charge is 2.50. The lowest BCUT2D eigenvalue weighted by Crippen LogP contribution is -2.64. The Kier molecular flexibility index (Phi) is 13.1. The Morgan fingerprint density at radius 1 is 0.676 bits per heavy atom. The van der Waals surface area contributed by atoms with Crippen LogP contribution in [0.2, 0.25) is 0 Å². The van der Waals surface area contributed by atoms with Crippen LogP contribution in [0, 0.1) is 0 Å². The zero-order chi connectivity index (χ0) is 25.3. The Bertz CT molecular complexity index is 549. The van der Waals surface area contributed by atoms with Crippen molar-refractivity contribution in [1.29, 1.82) is 0 Å². The standard InChI is InChI=1S/C23H44O11/c1-3-5-6-7-8-9-10-13(4-2)31-22-20(30)18(28)21(15(12-25)33-22)34-23-19(29)17(27)16(26)14(11-24)32-23/h13-30H,3-12H2,1-2H3/t13?,14?,15?,16-,17?,18?,19?,20?,21-,22-,23-/m1/s1. The summed E-state index contributed by atoms with van der Waals surface area (Å²) in [4.78, 5) is 0. The van der Waals surface area contributed by atoms with Crippen LogP contribution in [-0.2, 0) is 18.9 Å². The first-order valence-electron chi connectivity index (χ1n) is 12.5. The van der Waals surface area contributed by atoms with Crippen molar-refractivity contribution in [3.8, 4) is 0 Å². The molecule has 0 aromatic heterocycles. The van der Waals surface area contributed by atoms with Gasteiger partial charge in [-0.15, -0.1) is 0 Å². The molecule has 0 aliphatic carbocycles. The van der Waals surface area contributed by atoms with Crippen LogP contribution in [0.1, 0.15) is 65.2 Å². The van der Waals surface area contributed by atoms with Crippen molar-refractivity contribution in [1.82, 2.24) is 0 Å². The molecule has 11 heteroatoms. The summed E-state index contributed by atoms with van der Waals surface area (Å²) in [6.45, 7) is 2.90. The molecule has 0 aromatic carbocycles. The second-order valence-electron chi connectivity index (χ2n) is 9.23. The zero-order valence-corrected chi connectivity index (χ0v) is 20.2. The topological polar surface area (TPSA) is 179 Å². The lowest BCUT2D eigenvalue weighted by molar-refractivity contribution is -0.362. The van der Waals surface area contributed by atoms with Crippen molar-refractivity contribution in [2.75, 3.05) is 13.2 Å². The third-order valence-electron chi connectivity index (χ3n) is 6.62. The molecular weight excluding hydrogens is 452 g/mol. The first kappa shape index (κ1) is 29.8. The second kappa shape index (κ2) is 15.0. The number of hydrogen-bond acceptors (Lipinski definition) is 11. The summed E-state index contributed by atoms with van der Waals surface area (Å²) in [6, 6.07) is 0. The maximum Gasteiger partial charge on any atom is 0.187 e. The molecule has 0 spiro atoms. The van der Waals surface area contributed by atoms with Gasteiger partial charge in [0, 0.05) is 0 Å². The highest BCUT2D eigenvalue weighted by molar-refractivity contribution is 4.94. The molecule has 0 bridgehead atoms. The van der Waals surface area contributed by atoms with Gasteiger partial charge in [-0.05, 0) is 12.8 Å². The van der Waals surface area contributed by atoms with E-state index in [2.05, 4.69) is 6.92 Å². The number of aliphatic hydroxyl groups excluding tert-OH is 7. The quantitative estimate of drug-likeness (QED) is 0.149. The van der Waals surface area contributed by atoms with Crippen molar-refractivity contribution < 1.29 is 54.7 Å². The molecular formula is C23H44O11. The molecule has 2 saturated heterocycles. The highest BCUT2D eigenvalue weighted by atomic mass is 16.7. The van der Waals surface area contributed by atoms with E-state index in [1.807, 2.05) is 6.92 Å². The van der Waals surface area contributed by atoms with Gasteiger partial charge in [0.05, 0.1) is 19.3 Å². The summed E-state index contributed by atoms with van der Waals surface area (Å²) >= 11 is 0. The van der Waals surface area contributed by atoms with Crippen LogP contribution < -0.4 is 0 Å². The minimum Gasteiger partial charge on any atom is -0.394 e. The van der Waals surface area contributed by atoms with Crippen LogP contribution in [0.5, 0.6) is 0 Å². The molecule has 0 aromatic rings. The molecule has 7 N–H and O–H groups in total. The van der Waals surface area contributed by atoms with E-state index in [0.717, 1.165) is 25.7 Å². The van der Waals surface area contributed by atoms with Crippen LogP contribution in [0.4, 0.5) is 0 Å². The third-order valence-corrected chi connectivity index (χ3v) is 6.62. The second-order valence-corrected chi connectivity index (χ2v) is 9.23. The molecule has 2 heterocycles. The van der Waals surface area contributed by atoms with Crippen LogP contribution in [0.3, 0.4) is 0 Å². The minimum absolute atomic E-state index is 0.194. The molecule has 0 radical (unpaired) electrons. The smallest absolute Gasteiger partial charge is 0.187 e. The van der Waals surface area contributed by atoms with Gasteiger partial charge in [-0.2, -0.15) is 0 Å². The predicted octanol–water partition coefficient (Wildman–Crippen LogP) is -0.844. The Hall–Kier alpha value is -0.440. The molecule has 2 fully saturated rings. The highest BCUT2D eigenvalue weighted by Crippen LogP contribution is 2.30. The fourth-order valence-corrected chi connectivity index (χ4v) is 4.38. The fourth-order valence-electron chi connectivity index (χ4n) is 4.38. The Balaban J connectivity index is 1.95. The molecule has 2 aliphatic rings. The van der Waals surface area contributed by atoms with Crippen LogP contribution in [0.25, 0.3) is 0 Å². The molecule has 0 saturated carbocycles. The number of aliphatic hydroxyl groups is 7. The normalized spacial score (nSPS) is 39.8. The molecule has 34 heavy (non-hydrogen) atoms. The molecule has 2 rings (SSSR count). The molecule has 202 valence electrons. The number of rotatable bonds is 14. The van der Waals surface area contributed by atoms with E-state index < -0.39 is 74.6 Å². The summed E-state index contributed by atoms with van der Waals surface area (Å²) < 4.78 is 22.5. The van der Waals surface area contributed by atoms with Gasteiger partial charge in [0.15, 0.2) is 12.6 Å². The summed E-state index contributed by atoms with van der Waals surface area (Å²) in [7, 11) is 0. The Morgan fingerprint density at radius 3 is 1.88 bits per heavy atom. The van der Waals surface area contributed by atoms with E-state index in [1.165, 1.54) is 19.3 Å². The first-order valence-corrected chi connectivity index (χ1v) is 12.5. The SMILES string of the molecule is CCCCCCCCC(CC)O[C@@H]1OC(CO)[C@@H](O[C@H]2OC(CO)[C@@H](O)C(O)C2O)C(O)C1O. The lowest BCUT2D eigenvalue weighted by atomic mass is 9.97. The summed E-state index contributed by atoms with van der Waals surface area (Å²) in [5.41, 5.74) is 0. The van der Waals surface area contributed by atoms with Gasteiger partial charge in [0.25, 0.3) is 0 Å². The number of ether oxygens (including phenoxy) is 4. The molecule has 7 unspecified atom stereocenters. The van der Waals surface area contributed by atoms with E-state index in [1.54, 1.807) is 0 Å². The minimum atomic E-state index is -1.70. The van der Waals surface area contributed by atoms with Gasteiger partial charge < -0.3 is 54.7 Å². The van der Waals surface area contributed by atoms with Crippen molar-refractivity contribution in [2.24, 2.45) is 0 Å². The van der Waals surface area contributed by atoms with E-state index >= 15 is 0 Å². The van der Waals surface area contributed by atoms with Crippen molar-refractivity contribution in [3.63, 3.8) is 0 Å². The van der Waals surface area contributed by atoms with E-state index in [9.17, 15) is 35.7 Å². The van der Waals surface area contributed by atoms with Crippen molar-refractivity contribution in [2.45, 2.75) is 133 Å². The average molecular weight is 497 g/mol. The van der Waals surface area contributed by atoms with Crippen LogP contribution in [-0.4, -0.2) is 116 Å². The van der Waals surface area contributed by atoms with Gasteiger partial charge in [0.2, 0.25) is 0 Å². The third kappa shape index (κ3) is 7.78. The predicted molar refractivity (Wildman–Crippen MR) is 120 cm³/mol. The van der Waals surface area contributed by atoms with E-state index in [4.69, 9.17) is 18.9 Å². The van der Waals surface area contributed by atoms with Crippen molar-refractivity contribution in [3.05, 3.63) is 0 Å². The van der Waals surface area contributed by atoms with E-state index in [0.29, 0.717) is 6.42 Å². The van der Waals surface area contributed by atoms with Gasteiger partial charge in [-0.3, -0.25) is 0 Å².